The lowest BCUT2D eigenvalue weighted by atomic mass is 10.1. The van der Waals surface area contributed by atoms with Gasteiger partial charge in [0.25, 0.3) is 5.91 Å². The Morgan fingerprint density at radius 3 is 2.36 bits per heavy atom. The van der Waals surface area contributed by atoms with Crippen LogP contribution in [0.4, 0.5) is 10.1 Å². The first-order valence-corrected chi connectivity index (χ1v) is 8.52. The highest BCUT2D eigenvalue weighted by Crippen LogP contribution is 2.31. The first kappa shape index (κ1) is 18.8. The number of rotatable bonds is 8. The van der Waals surface area contributed by atoms with Crippen LogP contribution in [0.3, 0.4) is 0 Å². The van der Waals surface area contributed by atoms with Gasteiger partial charge in [0.2, 0.25) is 0 Å². The molecule has 0 aliphatic rings. The largest absolute Gasteiger partial charge is 0.490 e. The molecule has 0 bridgehead atoms. The molecule has 0 atom stereocenters. The second-order valence-corrected chi connectivity index (χ2v) is 5.77. The molecule has 0 radical (unpaired) electrons. The third-order valence-electron chi connectivity index (χ3n) is 3.57. The molecule has 0 heterocycles. The molecule has 2 aromatic carbocycles. The first-order valence-electron chi connectivity index (χ1n) is 8.52. The highest BCUT2D eigenvalue weighted by Gasteiger charge is 2.13. The molecule has 25 heavy (non-hydrogen) atoms. The topological polar surface area (TPSA) is 47.6 Å². The number of carbonyl (C=O) groups is 1. The summed E-state index contributed by atoms with van der Waals surface area (Å²) in [4.78, 5) is 12.4. The van der Waals surface area contributed by atoms with Gasteiger partial charge in [-0.3, -0.25) is 4.79 Å². The van der Waals surface area contributed by atoms with E-state index in [1.54, 1.807) is 31.2 Å². The Hall–Kier alpha value is -2.56. The van der Waals surface area contributed by atoms with E-state index in [4.69, 9.17) is 9.47 Å². The summed E-state index contributed by atoms with van der Waals surface area (Å²) in [6, 6.07) is 9.40. The van der Waals surface area contributed by atoms with Crippen LogP contribution >= 0.6 is 0 Å². The van der Waals surface area contributed by atoms with Gasteiger partial charge >= 0.3 is 0 Å². The van der Waals surface area contributed by atoms with E-state index in [1.807, 2.05) is 13.8 Å². The number of nitrogens with one attached hydrogen (secondary N) is 1. The normalized spacial score (nSPS) is 10.4. The summed E-state index contributed by atoms with van der Waals surface area (Å²) in [6.07, 6.45) is 1.76. The maximum absolute atomic E-state index is 13.4. The number of carbonyl (C=O) groups excluding carboxylic acids is 1. The molecule has 0 unspecified atom stereocenters. The van der Waals surface area contributed by atoms with Gasteiger partial charge in [0.1, 0.15) is 5.82 Å². The summed E-state index contributed by atoms with van der Waals surface area (Å²) in [5.74, 6) is 0.436. The lowest BCUT2D eigenvalue weighted by molar-refractivity contribution is 0.102. The fraction of sp³-hybridized carbons (Fsp3) is 0.350. The van der Waals surface area contributed by atoms with E-state index in [-0.39, 0.29) is 5.91 Å². The van der Waals surface area contributed by atoms with E-state index in [9.17, 15) is 9.18 Å². The summed E-state index contributed by atoms with van der Waals surface area (Å²) in [5.41, 5.74) is 1.59. The second-order valence-electron chi connectivity index (χ2n) is 5.77. The van der Waals surface area contributed by atoms with Crippen LogP contribution in [0.25, 0.3) is 0 Å². The van der Waals surface area contributed by atoms with Crippen molar-refractivity contribution in [2.45, 2.75) is 33.6 Å². The van der Waals surface area contributed by atoms with Crippen molar-refractivity contribution in [1.82, 2.24) is 0 Å². The quantitative estimate of drug-likeness (QED) is 0.735. The summed E-state index contributed by atoms with van der Waals surface area (Å²) >= 11 is 0. The van der Waals surface area contributed by atoms with Crippen molar-refractivity contribution in [2.75, 3.05) is 18.5 Å². The smallest absolute Gasteiger partial charge is 0.256 e. The van der Waals surface area contributed by atoms with Crippen molar-refractivity contribution in [3.8, 4) is 11.5 Å². The van der Waals surface area contributed by atoms with Crippen LogP contribution in [-0.2, 0) is 0 Å². The predicted octanol–water partition coefficient (Wildman–Crippen LogP) is 4.96. The van der Waals surface area contributed by atoms with E-state index in [0.717, 1.165) is 12.8 Å². The molecule has 0 aromatic heterocycles. The van der Waals surface area contributed by atoms with Crippen molar-refractivity contribution in [1.29, 1.82) is 0 Å². The van der Waals surface area contributed by atoms with Crippen LogP contribution in [-0.4, -0.2) is 19.1 Å². The SMILES string of the molecule is CCCOc1ccc(NC(=O)c2cc(F)ccc2C)cc1OCCC. The van der Waals surface area contributed by atoms with Gasteiger partial charge < -0.3 is 14.8 Å². The van der Waals surface area contributed by atoms with Gasteiger partial charge in [-0.05, 0) is 49.6 Å². The predicted molar refractivity (Wildman–Crippen MR) is 97.1 cm³/mol. The van der Waals surface area contributed by atoms with Gasteiger partial charge in [0.15, 0.2) is 11.5 Å². The number of benzene rings is 2. The molecule has 134 valence electrons. The average molecular weight is 345 g/mol. The number of hydrogen-bond acceptors (Lipinski definition) is 3. The zero-order chi connectivity index (χ0) is 18.2. The number of anilines is 1. The van der Waals surface area contributed by atoms with Crippen LogP contribution in [0.5, 0.6) is 11.5 Å². The second kappa shape index (κ2) is 9.06. The molecular formula is C20H24FNO3. The summed E-state index contributed by atoms with van der Waals surface area (Å²) < 4.78 is 24.8. The van der Waals surface area contributed by atoms with Gasteiger partial charge in [-0.1, -0.05) is 19.9 Å². The molecule has 2 rings (SSSR count). The fourth-order valence-corrected chi connectivity index (χ4v) is 2.28. The third-order valence-corrected chi connectivity index (χ3v) is 3.57. The summed E-state index contributed by atoms with van der Waals surface area (Å²) in [7, 11) is 0. The van der Waals surface area contributed by atoms with E-state index in [2.05, 4.69) is 5.32 Å². The monoisotopic (exact) mass is 345 g/mol. The molecule has 1 amide bonds. The van der Waals surface area contributed by atoms with Crippen LogP contribution in [0.15, 0.2) is 36.4 Å². The molecule has 2 aromatic rings. The number of hydrogen-bond donors (Lipinski definition) is 1. The van der Waals surface area contributed by atoms with Gasteiger partial charge in [-0.15, -0.1) is 0 Å². The average Bonchev–Trinajstić information content (AvgIpc) is 2.61. The Balaban J connectivity index is 2.20. The molecule has 0 fully saturated rings. The zero-order valence-electron chi connectivity index (χ0n) is 14.9. The summed E-state index contributed by atoms with van der Waals surface area (Å²) in [5, 5.41) is 2.79. The van der Waals surface area contributed by atoms with E-state index >= 15 is 0 Å². The standard InChI is InChI=1S/C20H24FNO3/c1-4-10-24-18-9-8-16(13-19(18)25-11-5-2)22-20(23)17-12-15(21)7-6-14(17)3/h6-9,12-13H,4-5,10-11H2,1-3H3,(H,22,23). The number of ether oxygens (including phenoxy) is 2. The van der Waals surface area contributed by atoms with Crippen molar-refractivity contribution in [3.05, 3.63) is 53.3 Å². The van der Waals surface area contributed by atoms with E-state index < -0.39 is 5.82 Å². The minimum absolute atomic E-state index is 0.308. The Morgan fingerprint density at radius 2 is 1.68 bits per heavy atom. The van der Waals surface area contributed by atoms with E-state index in [1.165, 1.54) is 12.1 Å². The molecule has 0 spiro atoms. The molecule has 1 N–H and O–H groups in total. The Kier molecular flexibility index (Phi) is 6.81. The Bertz CT molecular complexity index is 731. The van der Waals surface area contributed by atoms with Crippen LogP contribution < -0.4 is 14.8 Å². The number of halogens is 1. The van der Waals surface area contributed by atoms with Crippen molar-refractivity contribution in [3.63, 3.8) is 0 Å². The highest BCUT2D eigenvalue weighted by atomic mass is 19.1. The third kappa shape index (κ3) is 5.21. The van der Waals surface area contributed by atoms with Crippen molar-refractivity contribution in [2.24, 2.45) is 0 Å². The maximum atomic E-state index is 13.4. The fourth-order valence-electron chi connectivity index (χ4n) is 2.28. The van der Waals surface area contributed by atoms with Crippen molar-refractivity contribution < 1.29 is 18.7 Å². The summed E-state index contributed by atoms with van der Waals surface area (Å²) in [6.45, 7) is 6.97. The lowest BCUT2D eigenvalue weighted by Crippen LogP contribution is -2.14. The van der Waals surface area contributed by atoms with Crippen LogP contribution in [0, 0.1) is 12.7 Å². The molecule has 0 aliphatic carbocycles. The Morgan fingerprint density at radius 1 is 1.00 bits per heavy atom. The van der Waals surface area contributed by atoms with Gasteiger partial charge in [0, 0.05) is 17.3 Å². The molecule has 5 heteroatoms. The van der Waals surface area contributed by atoms with Gasteiger partial charge in [0.05, 0.1) is 13.2 Å². The van der Waals surface area contributed by atoms with E-state index in [0.29, 0.717) is 41.5 Å². The molecule has 0 saturated heterocycles. The maximum Gasteiger partial charge on any atom is 0.256 e. The number of amides is 1. The van der Waals surface area contributed by atoms with Crippen LogP contribution in [0.2, 0.25) is 0 Å². The highest BCUT2D eigenvalue weighted by molar-refractivity contribution is 6.05. The zero-order valence-corrected chi connectivity index (χ0v) is 14.9. The Labute approximate surface area is 148 Å². The molecule has 0 saturated carbocycles. The minimum Gasteiger partial charge on any atom is -0.490 e. The lowest BCUT2D eigenvalue weighted by Gasteiger charge is -2.14. The molecule has 0 aliphatic heterocycles. The number of aryl methyl sites for hydroxylation is 1. The first-order chi connectivity index (χ1) is 12.0. The van der Waals surface area contributed by atoms with Gasteiger partial charge in [-0.25, -0.2) is 4.39 Å². The van der Waals surface area contributed by atoms with Gasteiger partial charge in [-0.2, -0.15) is 0 Å². The van der Waals surface area contributed by atoms with Crippen molar-refractivity contribution >= 4 is 11.6 Å². The molecule has 4 nitrogen and oxygen atoms in total. The molecular weight excluding hydrogens is 321 g/mol. The minimum atomic E-state index is -0.439. The van der Waals surface area contributed by atoms with Crippen LogP contribution in [0.1, 0.15) is 42.6 Å².